The molecule has 2 rings (SSSR count). The number of hydrogen-bond donors (Lipinski definition) is 3. The first-order valence-corrected chi connectivity index (χ1v) is 13.1. The Balaban J connectivity index is 0.00000227. The molecule has 1 fully saturated rings. The number of hydrogen-bond acceptors (Lipinski definition) is 5. The molecule has 1 aliphatic rings. The minimum absolute atomic E-state index is 0.0374. The zero-order valence-electron chi connectivity index (χ0n) is 19.9. The molecule has 3 atom stereocenters. The van der Waals surface area contributed by atoms with Gasteiger partial charge in [-0.05, 0) is 44.1 Å². The highest BCUT2D eigenvalue weighted by Crippen LogP contribution is 2.22. The van der Waals surface area contributed by atoms with Crippen LogP contribution >= 0.6 is 27.3 Å². The summed E-state index contributed by atoms with van der Waals surface area (Å²) in [4.78, 5) is 27.4. The van der Waals surface area contributed by atoms with E-state index < -0.39 is 24.0 Å². The largest absolute Gasteiger partial charge is 0.380 e. The van der Waals surface area contributed by atoms with Crippen molar-refractivity contribution in [1.29, 1.82) is 0 Å². The molecule has 0 saturated carbocycles. The minimum atomic E-state index is -1.77. The van der Waals surface area contributed by atoms with Gasteiger partial charge in [0.15, 0.2) is 12.2 Å². The maximum Gasteiger partial charge on any atom is 0.254 e. The summed E-state index contributed by atoms with van der Waals surface area (Å²) in [6.45, 7) is 10.8. The number of rotatable bonds is 9. The Morgan fingerprint density at radius 2 is 1.97 bits per heavy atom. The molecule has 1 aromatic heterocycles. The molecule has 0 aliphatic carbocycles. The first-order chi connectivity index (χ1) is 15.4. The van der Waals surface area contributed by atoms with Crippen LogP contribution in [0.5, 0.6) is 0 Å². The molecule has 0 spiro atoms. The lowest BCUT2D eigenvalue weighted by molar-refractivity contribution is -0.153. The number of halogens is 1. The predicted octanol–water partition coefficient (Wildman–Crippen LogP) is 4.42. The summed E-state index contributed by atoms with van der Waals surface area (Å²) in [5, 5.41) is 24.9. The van der Waals surface area contributed by atoms with E-state index in [1.165, 1.54) is 0 Å². The van der Waals surface area contributed by atoms with Crippen LogP contribution in [0.2, 0.25) is 0 Å². The van der Waals surface area contributed by atoms with Gasteiger partial charge >= 0.3 is 0 Å². The number of amides is 2. The predicted molar refractivity (Wildman–Crippen MR) is 137 cm³/mol. The van der Waals surface area contributed by atoms with E-state index in [1.807, 2.05) is 70.4 Å². The van der Waals surface area contributed by atoms with E-state index in [-0.39, 0.29) is 6.04 Å². The Kier molecular flexibility index (Phi) is 17.2. The van der Waals surface area contributed by atoms with E-state index in [0.717, 1.165) is 22.2 Å². The summed E-state index contributed by atoms with van der Waals surface area (Å²) in [6, 6.07) is 3.85. The van der Waals surface area contributed by atoms with Crippen molar-refractivity contribution in [1.82, 2.24) is 10.2 Å². The zero-order valence-corrected chi connectivity index (χ0v) is 22.3. The van der Waals surface area contributed by atoms with Gasteiger partial charge in [-0.2, -0.15) is 0 Å². The van der Waals surface area contributed by atoms with Crippen LogP contribution in [0.4, 0.5) is 0 Å². The third-order valence-electron chi connectivity index (χ3n) is 4.69. The van der Waals surface area contributed by atoms with Crippen LogP contribution in [-0.2, 0) is 16.0 Å². The van der Waals surface area contributed by atoms with Gasteiger partial charge in [0, 0.05) is 28.5 Å². The first-order valence-electron chi connectivity index (χ1n) is 11.4. The molecular weight excluding hydrogens is 492 g/mol. The summed E-state index contributed by atoms with van der Waals surface area (Å²) in [5.74, 6) is -1.33. The van der Waals surface area contributed by atoms with Crippen molar-refractivity contribution in [3.63, 3.8) is 0 Å². The third-order valence-corrected chi connectivity index (χ3v) is 6.35. The highest BCUT2D eigenvalue weighted by Gasteiger charge is 2.37. The molecule has 0 bridgehead atoms. The fourth-order valence-corrected chi connectivity index (χ4v) is 4.02. The Labute approximate surface area is 205 Å². The van der Waals surface area contributed by atoms with Crippen molar-refractivity contribution in [2.45, 2.75) is 78.6 Å². The normalized spacial score (nSPS) is 17.7. The first kappa shape index (κ1) is 30.5. The van der Waals surface area contributed by atoms with Crippen LogP contribution in [0.15, 0.2) is 40.2 Å². The molecule has 6 nitrogen and oxygen atoms in total. The number of thiophene rings is 1. The molecule has 3 unspecified atom stereocenters. The third kappa shape index (κ3) is 10.4. The summed E-state index contributed by atoms with van der Waals surface area (Å²) < 4.78 is 0.957. The van der Waals surface area contributed by atoms with Crippen molar-refractivity contribution < 1.29 is 19.8 Å². The maximum absolute atomic E-state index is 12.6. The number of allylic oxidation sites excluding steroid dienone is 3. The summed E-state index contributed by atoms with van der Waals surface area (Å²) in [5.41, 5.74) is 0. The maximum atomic E-state index is 12.6. The van der Waals surface area contributed by atoms with Gasteiger partial charge in [0.2, 0.25) is 0 Å². The number of aliphatic hydroxyl groups excluding tert-OH is 2. The summed E-state index contributed by atoms with van der Waals surface area (Å²) in [6.07, 6.45) is 5.26. The molecule has 1 saturated heterocycles. The standard InChI is InChI=1S/C20H27BrN2O4S.2C2H6/c1-2-14(21)6-3-7-15-8-4-12-23(15)20(27)18(25)17(24)19(26)22-11-10-16-9-5-13-28-16;2*1-2/h2-3,5-6,9,13,15,17-18,24-25H,4,7-8,10-12H2,1H3,(H,22,26);2*1-2H3/b6-3-,14-2+;;. The van der Waals surface area contributed by atoms with Crippen molar-refractivity contribution in [3.05, 3.63) is 45.1 Å². The second-order valence-corrected chi connectivity index (χ2v) is 8.60. The van der Waals surface area contributed by atoms with Crippen molar-refractivity contribution in [2.75, 3.05) is 13.1 Å². The van der Waals surface area contributed by atoms with Gasteiger partial charge in [-0.3, -0.25) is 9.59 Å². The van der Waals surface area contributed by atoms with Gasteiger partial charge in [-0.15, -0.1) is 11.3 Å². The van der Waals surface area contributed by atoms with Crippen LogP contribution in [0.25, 0.3) is 0 Å². The SMILES string of the molecule is C/C=C(Br)\C=C/CC1CCCN1C(=O)C(O)C(O)C(=O)NCCc1cccs1.CC.CC. The second kappa shape index (κ2) is 18.0. The van der Waals surface area contributed by atoms with Gasteiger partial charge in [-0.1, -0.05) is 67.9 Å². The van der Waals surface area contributed by atoms with Gasteiger partial charge in [0.25, 0.3) is 11.8 Å². The van der Waals surface area contributed by atoms with Gasteiger partial charge < -0.3 is 20.4 Å². The van der Waals surface area contributed by atoms with E-state index in [0.29, 0.717) is 25.9 Å². The fraction of sp³-hybridized carbons (Fsp3) is 0.583. The summed E-state index contributed by atoms with van der Waals surface area (Å²) in [7, 11) is 0. The Morgan fingerprint density at radius 3 is 2.56 bits per heavy atom. The van der Waals surface area contributed by atoms with Crippen LogP contribution < -0.4 is 5.32 Å². The molecule has 3 N–H and O–H groups in total. The van der Waals surface area contributed by atoms with Gasteiger partial charge in [0.1, 0.15) is 0 Å². The molecule has 0 aromatic carbocycles. The van der Waals surface area contributed by atoms with Crippen molar-refractivity contribution >= 4 is 39.1 Å². The molecular formula is C24H39BrN2O4S. The summed E-state index contributed by atoms with van der Waals surface area (Å²) >= 11 is 4.98. The second-order valence-electron chi connectivity index (χ2n) is 6.65. The number of nitrogens with zero attached hydrogens (tertiary/aromatic N) is 1. The molecule has 2 heterocycles. The van der Waals surface area contributed by atoms with Crippen LogP contribution in [0.1, 0.15) is 58.8 Å². The van der Waals surface area contributed by atoms with Gasteiger partial charge in [0.05, 0.1) is 0 Å². The van der Waals surface area contributed by atoms with Crippen molar-refractivity contribution in [2.24, 2.45) is 0 Å². The topological polar surface area (TPSA) is 89.9 Å². The van der Waals surface area contributed by atoms with Crippen molar-refractivity contribution in [3.8, 4) is 0 Å². The van der Waals surface area contributed by atoms with Gasteiger partial charge in [-0.25, -0.2) is 0 Å². The van der Waals surface area contributed by atoms with Crippen LogP contribution in [0.3, 0.4) is 0 Å². The van der Waals surface area contributed by atoms with Crippen LogP contribution in [-0.4, -0.2) is 58.3 Å². The van der Waals surface area contributed by atoms with Crippen LogP contribution in [0, 0.1) is 0 Å². The van der Waals surface area contributed by atoms with E-state index in [1.54, 1.807) is 16.2 Å². The molecule has 32 heavy (non-hydrogen) atoms. The minimum Gasteiger partial charge on any atom is -0.380 e. The monoisotopic (exact) mass is 530 g/mol. The van der Waals surface area contributed by atoms with E-state index in [4.69, 9.17) is 0 Å². The molecule has 182 valence electrons. The van der Waals surface area contributed by atoms with E-state index in [9.17, 15) is 19.8 Å². The zero-order chi connectivity index (χ0) is 24.5. The quantitative estimate of drug-likeness (QED) is 0.412. The lowest BCUT2D eigenvalue weighted by Gasteiger charge is -2.27. The number of likely N-dealkylation sites (tertiary alicyclic amines) is 1. The average molecular weight is 532 g/mol. The number of carbonyl (C=O) groups excluding carboxylic acids is 2. The fourth-order valence-electron chi connectivity index (χ4n) is 3.12. The highest BCUT2D eigenvalue weighted by atomic mass is 79.9. The molecule has 8 heteroatoms. The number of nitrogens with one attached hydrogen (secondary N) is 1. The molecule has 2 amide bonds. The lowest BCUT2D eigenvalue weighted by atomic mass is 10.1. The molecule has 0 radical (unpaired) electrons. The lowest BCUT2D eigenvalue weighted by Crippen LogP contribution is -2.52. The Morgan fingerprint density at radius 1 is 1.28 bits per heavy atom. The Bertz CT molecular complexity index is 707. The smallest absolute Gasteiger partial charge is 0.254 e. The van der Waals surface area contributed by atoms with E-state index in [2.05, 4.69) is 21.2 Å². The molecule has 1 aromatic rings. The number of aliphatic hydroxyl groups is 2. The Hall–Kier alpha value is -1.48. The molecule has 1 aliphatic heterocycles. The van der Waals surface area contributed by atoms with E-state index >= 15 is 0 Å². The average Bonchev–Trinajstić information content (AvgIpc) is 3.52. The number of carbonyl (C=O) groups is 2. The highest BCUT2D eigenvalue weighted by molar-refractivity contribution is 9.11.